The van der Waals surface area contributed by atoms with E-state index in [2.05, 4.69) is 5.32 Å². The van der Waals surface area contributed by atoms with Gasteiger partial charge in [0.1, 0.15) is 0 Å². The molecule has 0 aromatic rings. The highest BCUT2D eigenvalue weighted by Gasteiger charge is 2.42. The quantitative estimate of drug-likeness (QED) is 0.712. The fourth-order valence-corrected chi connectivity index (χ4v) is 1.77. The third-order valence-corrected chi connectivity index (χ3v) is 2.39. The van der Waals surface area contributed by atoms with E-state index in [1.807, 2.05) is 20.8 Å². The Labute approximate surface area is 85.3 Å². The lowest BCUT2D eigenvalue weighted by atomic mass is 9.90. The van der Waals surface area contributed by atoms with Gasteiger partial charge in [0.15, 0.2) is 0 Å². The summed E-state index contributed by atoms with van der Waals surface area (Å²) in [5.74, 6) is 0. The van der Waals surface area contributed by atoms with Crippen LogP contribution in [0, 0.1) is 0 Å². The minimum absolute atomic E-state index is 0.0687. The first-order chi connectivity index (χ1) is 6.47. The number of likely N-dealkylation sites (tertiary alicyclic amines) is 1. The zero-order chi connectivity index (χ0) is 10.8. The van der Waals surface area contributed by atoms with E-state index >= 15 is 0 Å². The molecule has 1 heterocycles. The third-order valence-electron chi connectivity index (χ3n) is 2.39. The zero-order valence-electron chi connectivity index (χ0n) is 9.21. The van der Waals surface area contributed by atoms with Crippen molar-refractivity contribution >= 4 is 6.03 Å². The number of hydrogen-bond acceptors (Lipinski definition) is 2. The molecule has 0 radical (unpaired) electrons. The topological polar surface area (TPSA) is 52.6 Å². The van der Waals surface area contributed by atoms with Crippen LogP contribution in [-0.4, -0.2) is 40.8 Å². The molecule has 1 saturated heterocycles. The first-order valence-corrected chi connectivity index (χ1v) is 5.24. The molecule has 0 bridgehead atoms. The van der Waals surface area contributed by atoms with E-state index in [1.165, 1.54) is 0 Å². The van der Waals surface area contributed by atoms with Crippen molar-refractivity contribution in [1.29, 1.82) is 0 Å². The van der Waals surface area contributed by atoms with Gasteiger partial charge in [-0.25, -0.2) is 4.79 Å². The Morgan fingerprint density at radius 2 is 2.14 bits per heavy atom. The Bertz CT molecular complexity index is 210. The monoisotopic (exact) mass is 200 g/mol. The zero-order valence-corrected chi connectivity index (χ0v) is 9.21. The second-order valence-corrected chi connectivity index (χ2v) is 4.43. The van der Waals surface area contributed by atoms with Crippen LogP contribution >= 0.6 is 0 Å². The maximum Gasteiger partial charge on any atom is 0.317 e. The number of β-amino-alcohol motifs (C(OH)–C–C–N with tert-alkyl or cyclic N) is 1. The van der Waals surface area contributed by atoms with Gasteiger partial charge in [0.25, 0.3) is 0 Å². The van der Waals surface area contributed by atoms with E-state index in [1.54, 1.807) is 4.90 Å². The van der Waals surface area contributed by atoms with Crippen molar-refractivity contribution in [3.05, 3.63) is 0 Å². The Hall–Kier alpha value is -0.770. The molecular formula is C10H20N2O2. The molecule has 4 nitrogen and oxygen atoms in total. The number of aliphatic hydroxyl groups is 1. The van der Waals surface area contributed by atoms with E-state index in [0.29, 0.717) is 13.1 Å². The average Bonchev–Trinajstić information content (AvgIpc) is 1.98. The Morgan fingerprint density at radius 3 is 2.57 bits per heavy atom. The summed E-state index contributed by atoms with van der Waals surface area (Å²) in [5.41, 5.74) is -0.622. The highest BCUT2D eigenvalue weighted by molar-refractivity contribution is 5.75. The van der Waals surface area contributed by atoms with Crippen LogP contribution in [0.15, 0.2) is 0 Å². The number of urea groups is 1. The van der Waals surface area contributed by atoms with Crippen molar-refractivity contribution in [3.63, 3.8) is 0 Å². The van der Waals surface area contributed by atoms with E-state index in [9.17, 15) is 9.90 Å². The minimum atomic E-state index is -0.622. The fourth-order valence-electron chi connectivity index (χ4n) is 1.77. The molecule has 0 spiro atoms. The molecule has 4 heteroatoms. The number of carbonyl (C=O) groups excluding carboxylic acids is 1. The lowest BCUT2D eigenvalue weighted by Gasteiger charge is -2.46. The van der Waals surface area contributed by atoms with Crippen molar-refractivity contribution in [2.75, 3.05) is 13.1 Å². The van der Waals surface area contributed by atoms with Crippen LogP contribution in [-0.2, 0) is 0 Å². The molecule has 0 aromatic carbocycles. The summed E-state index contributed by atoms with van der Waals surface area (Å²) in [4.78, 5) is 13.1. The minimum Gasteiger partial charge on any atom is -0.386 e. The average molecular weight is 200 g/mol. The van der Waals surface area contributed by atoms with E-state index < -0.39 is 5.60 Å². The second kappa shape index (κ2) is 4.17. The molecule has 14 heavy (non-hydrogen) atoms. The van der Waals surface area contributed by atoms with Crippen LogP contribution in [0.25, 0.3) is 0 Å². The van der Waals surface area contributed by atoms with Crippen molar-refractivity contribution < 1.29 is 9.90 Å². The summed E-state index contributed by atoms with van der Waals surface area (Å²) < 4.78 is 0. The molecular weight excluding hydrogens is 180 g/mol. The van der Waals surface area contributed by atoms with Gasteiger partial charge in [0, 0.05) is 6.04 Å². The van der Waals surface area contributed by atoms with Gasteiger partial charge in [0.2, 0.25) is 0 Å². The molecule has 1 rings (SSSR count). The first-order valence-electron chi connectivity index (χ1n) is 5.24. The van der Waals surface area contributed by atoms with E-state index in [4.69, 9.17) is 0 Å². The summed E-state index contributed by atoms with van der Waals surface area (Å²) in [6.07, 6.45) is 1.73. The molecule has 0 atom stereocenters. The SMILES string of the molecule is CCCC1(O)CN(C(=O)NC(C)C)C1. The Morgan fingerprint density at radius 1 is 1.57 bits per heavy atom. The van der Waals surface area contributed by atoms with Crippen LogP contribution in [0.2, 0.25) is 0 Å². The van der Waals surface area contributed by atoms with Gasteiger partial charge in [0.05, 0.1) is 18.7 Å². The molecule has 0 saturated carbocycles. The second-order valence-electron chi connectivity index (χ2n) is 4.43. The van der Waals surface area contributed by atoms with E-state index in [0.717, 1.165) is 12.8 Å². The van der Waals surface area contributed by atoms with Crippen LogP contribution in [0.1, 0.15) is 33.6 Å². The Kier molecular flexibility index (Phi) is 3.37. The normalized spacial score (nSPS) is 19.4. The van der Waals surface area contributed by atoms with Crippen molar-refractivity contribution in [2.45, 2.75) is 45.3 Å². The summed E-state index contributed by atoms with van der Waals surface area (Å²) in [6, 6.07) is 0.0862. The van der Waals surface area contributed by atoms with Crippen LogP contribution in [0.3, 0.4) is 0 Å². The number of hydrogen-bond donors (Lipinski definition) is 2. The largest absolute Gasteiger partial charge is 0.386 e. The molecule has 2 amide bonds. The summed E-state index contributed by atoms with van der Waals surface area (Å²) in [5, 5.41) is 12.6. The predicted molar refractivity (Wildman–Crippen MR) is 55.1 cm³/mol. The van der Waals surface area contributed by atoms with Gasteiger partial charge in [-0.15, -0.1) is 0 Å². The summed E-state index contributed by atoms with van der Waals surface area (Å²) in [6.45, 7) is 6.83. The molecule has 0 aromatic heterocycles. The molecule has 82 valence electrons. The van der Waals surface area contributed by atoms with Crippen molar-refractivity contribution in [3.8, 4) is 0 Å². The molecule has 0 unspecified atom stereocenters. The van der Waals surface area contributed by atoms with Gasteiger partial charge in [-0.1, -0.05) is 13.3 Å². The predicted octanol–water partition coefficient (Wildman–Crippen LogP) is 0.951. The third kappa shape index (κ3) is 2.61. The smallest absolute Gasteiger partial charge is 0.317 e. The lowest BCUT2D eigenvalue weighted by Crippen LogP contribution is -2.65. The maximum absolute atomic E-state index is 11.4. The number of nitrogens with one attached hydrogen (secondary N) is 1. The fraction of sp³-hybridized carbons (Fsp3) is 0.900. The molecule has 1 aliphatic rings. The van der Waals surface area contributed by atoms with E-state index in [-0.39, 0.29) is 12.1 Å². The maximum atomic E-state index is 11.4. The highest BCUT2D eigenvalue weighted by Crippen LogP contribution is 2.25. The molecule has 1 aliphatic heterocycles. The van der Waals surface area contributed by atoms with Crippen LogP contribution in [0.4, 0.5) is 4.79 Å². The highest BCUT2D eigenvalue weighted by atomic mass is 16.3. The van der Waals surface area contributed by atoms with Crippen LogP contribution < -0.4 is 5.32 Å². The van der Waals surface area contributed by atoms with Crippen molar-refractivity contribution in [1.82, 2.24) is 10.2 Å². The van der Waals surface area contributed by atoms with Gasteiger partial charge >= 0.3 is 6.03 Å². The molecule has 1 fully saturated rings. The van der Waals surface area contributed by atoms with Gasteiger partial charge < -0.3 is 15.3 Å². The van der Waals surface area contributed by atoms with Gasteiger partial charge in [-0.3, -0.25) is 0 Å². The molecule has 2 N–H and O–H groups in total. The van der Waals surface area contributed by atoms with Crippen LogP contribution in [0.5, 0.6) is 0 Å². The number of nitrogens with zero attached hydrogens (tertiary/aromatic N) is 1. The standard InChI is InChI=1S/C10H20N2O2/c1-4-5-10(14)6-12(7-10)9(13)11-8(2)3/h8,14H,4-7H2,1-3H3,(H,11,13). The van der Waals surface area contributed by atoms with Gasteiger partial charge in [-0.2, -0.15) is 0 Å². The first kappa shape index (κ1) is 11.3. The summed E-state index contributed by atoms with van der Waals surface area (Å²) in [7, 11) is 0. The number of amides is 2. The van der Waals surface area contributed by atoms with Crippen molar-refractivity contribution in [2.24, 2.45) is 0 Å². The number of carbonyl (C=O) groups is 1. The number of rotatable bonds is 3. The lowest BCUT2D eigenvalue weighted by molar-refractivity contribution is -0.0816. The molecule has 0 aliphatic carbocycles. The van der Waals surface area contributed by atoms with Gasteiger partial charge in [-0.05, 0) is 20.3 Å². The summed E-state index contributed by atoms with van der Waals surface area (Å²) >= 11 is 0. The Balaban J connectivity index is 2.29.